The van der Waals surface area contributed by atoms with Crippen LogP contribution in [0.4, 0.5) is 4.79 Å². The van der Waals surface area contributed by atoms with E-state index in [1.54, 1.807) is 0 Å². The number of carbonyl (C=O) groups excluding carboxylic acids is 1. The van der Waals surface area contributed by atoms with Crippen molar-refractivity contribution in [3.8, 4) is 0 Å². The Morgan fingerprint density at radius 3 is 2.61 bits per heavy atom. The minimum Gasteiger partial charge on any atom is -0.444 e. The number of hydrogen-bond acceptors (Lipinski definition) is 4. The molecule has 1 amide bonds. The maximum absolute atomic E-state index is 12.7. The number of rotatable bonds is 6. The Balaban J connectivity index is 1.90. The average Bonchev–Trinajstić information content (AvgIpc) is 2.76. The standard InChI is InChI=1S/C22H40N4O2/c1-16(23-13-12-20-17(2)24-25(7)18(20)3)15-19-11-9-8-10-14-26(19)21(27)28-22(4,5)6/h16,19,23H,8-15H2,1-7H3/t16-,19-/m0/s1. The SMILES string of the molecule is Cc1nn(C)c(C)c1CCN[C@@H](C)C[C@@H]1CCCCCN1C(=O)OC(C)(C)C. The van der Waals surface area contributed by atoms with Gasteiger partial charge in [0.2, 0.25) is 0 Å². The molecule has 2 heterocycles. The lowest BCUT2D eigenvalue weighted by molar-refractivity contribution is 0.0150. The third-order valence-electron chi connectivity index (χ3n) is 5.66. The monoisotopic (exact) mass is 392 g/mol. The second kappa shape index (κ2) is 9.77. The number of amides is 1. The third kappa shape index (κ3) is 6.50. The van der Waals surface area contributed by atoms with Gasteiger partial charge < -0.3 is 15.0 Å². The molecule has 1 aromatic heterocycles. The third-order valence-corrected chi connectivity index (χ3v) is 5.66. The summed E-state index contributed by atoms with van der Waals surface area (Å²) in [6, 6.07) is 0.604. The van der Waals surface area contributed by atoms with Crippen molar-refractivity contribution in [1.29, 1.82) is 0 Å². The van der Waals surface area contributed by atoms with Gasteiger partial charge in [-0.3, -0.25) is 4.68 Å². The molecule has 6 heteroatoms. The van der Waals surface area contributed by atoms with Crippen LogP contribution in [0.25, 0.3) is 0 Å². The Morgan fingerprint density at radius 1 is 1.29 bits per heavy atom. The highest BCUT2D eigenvalue weighted by molar-refractivity contribution is 5.68. The summed E-state index contributed by atoms with van der Waals surface area (Å²) in [5.74, 6) is 0. The number of nitrogens with one attached hydrogen (secondary N) is 1. The Morgan fingerprint density at radius 2 is 2.00 bits per heavy atom. The summed E-state index contributed by atoms with van der Waals surface area (Å²) in [4.78, 5) is 14.7. The van der Waals surface area contributed by atoms with Crippen molar-refractivity contribution in [2.75, 3.05) is 13.1 Å². The molecule has 1 aromatic rings. The molecule has 0 unspecified atom stereocenters. The highest BCUT2D eigenvalue weighted by Crippen LogP contribution is 2.23. The minimum atomic E-state index is -0.447. The van der Waals surface area contributed by atoms with Crippen molar-refractivity contribution in [3.05, 3.63) is 17.0 Å². The minimum absolute atomic E-state index is 0.159. The number of ether oxygens (including phenoxy) is 1. The zero-order valence-electron chi connectivity index (χ0n) is 19.0. The van der Waals surface area contributed by atoms with Crippen LogP contribution < -0.4 is 5.32 Å². The fraction of sp³-hybridized carbons (Fsp3) is 0.818. The summed E-state index contributed by atoms with van der Waals surface area (Å²) >= 11 is 0. The largest absolute Gasteiger partial charge is 0.444 e. The van der Waals surface area contributed by atoms with Crippen LogP contribution in [0.5, 0.6) is 0 Å². The first-order valence-corrected chi connectivity index (χ1v) is 10.8. The van der Waals surface area contributed by atoms with E-state index in [2.05, 4.69) is 31.2 Å². The van der Waals surface area contributed by atoms with E-state index in [9.17, 15) is 4.79 Å². The molecule has 0 spiro atoms. The van der Waals surface area contributed by atoms with Crippen LogP contribution in [0, 0.1) is 13.8 Å². The van der Waals surface area contributed by atoms with Crippen LogP contribution in [0.2, 0.25) is 0 Å². The number of aryl methyl sites for hydroxylation is 2. The summed E-state index contributed by atoms with van der Waals surface area (Å²) in [6.07, 6.45) is 6.29. The summed E-state index contributed by atoms with van der Waals surface area (Å²) in [5.41, 5.74) is 3.25. The lowest BCUT2D eigenvalue weighted by atomic mass is 10.0. The molecule has 1 aliphatic heterocycles. The summed E-state index contributed by atoms with van der Waals surface area (Å²) in [5, 5.41) is 8.16. The Bertz CT molecular complexity index is 648. The van der Waals surface area contributed by atoms with Gasteiger partial charge in [0.1, 0.15) is 5.60 Å². The second-order valence-electron chi connectivity index (χ2n) is 9.29. The number of carbonyl (C=O) groups is 1. The highest BCUT2D eigenvalue weighted by Gasteiger charge is 2.30. The Hall–Kier alpha value is -1.56. The number of nitrogens with zero attached hydrogens (tertiary/aromatic N) is 3. The molecular formula is C22H40N4O2. The molecule has 1 fully saturated rings. The van der Waals surface area contributed by atoms with Crippen LogP contribution in [0.1, 0.15) is 76.8 Å². The van der Waals surface area contributed by atoms with Crippen LogP contribution in [-0.4, -0.2) is 51.5 Å². The van der Waals surface area contributed by atoms with E-state index in [1.165, 1.54) is 24.1 Å². The number of hydrogen-bond donors (Lipinski definition) is 1. The predicted molar refractivity (Wildman–Crippen MR) is 114 cm³/mol. The maximum Gasteiger partial charge on any atom is 0.410 e. The number of aromatic nitrogens is 2. The first-order valence-electron chi connectivity index (χ1n) is 10.8. The Kier molecular flexibility index (Phi) is 7.93. The Labute approximate surface area is 171 Å². The second-order valence-corrected chi connectivity index (χ2v) is 9.29. The molecule has 160 valence electrons. The van der Waals surface area contributed by atoms with Crippen LogP contribution in [-0.2, 0) is 18.2 Å². The molecule has 1 aliphatic rings. The lowest BCUT2D eigenvalue weighted by Gasteiger charge is -2.33. The molecule has 0 aliphatic carbocycles. The van der Waals surface area contributed by atoms with Crippen molar-refractivity contribution in [2.45, 2.75) is 97.8 Å². The van der Waals surface area contributed by atoms with Gasteiger partial charge in [-0.05, 0) is 79.3 Å². The fourth-order valence-corrected chi connectivity index (χ4v) is 4.10. The molecular weight excluding hydrogens is 352 g/mol. The van der Waals surface area contributed by atoms with Crippen molar-refractivity contribution in [2.24, 2.45) is 7.05 Å². The molecule has 2 rings (SSSR count). The van der Waals surface area contributed by atoms with E-state index >= 15 is 0 Å². The van der Waals surface area contributed by atoms with Gasteiger partial charge in [-0.1, -0.05) is 12.8 Å². The van der Waals surface area contributed by atoms with Crippen LogP contribution in [0.3, 0.4) is 0 Å². The molecule has 0 bridgehead atoms. The van der Waals surface area contributed by atoms with E-state index in [1.807, 2.05) is 37.4 Å². The maximum atomic E-state index is 12.7. The molecule has 0 aromatic carbocycles. The topological polar surface area (TPSA) is 59.4 Å². The molecule has 2 atom stereocenters. The van der Waals surface area contributed by atoms with E-state index in [-0.39, 0.29) is 12.1 Å². The summed E-state index contributed by atoms with van der Waals surface area (Å²) in [7, 11) is 2.00. The van der Waals surface area contributed by atoms with E-state index in [4.69, 9.17) is 4.74 Å². The zero-order valence-corrected chi connectivity index (χ0v) is 19.0. The summed E-state index contributed by atoms with van der Waals surface area (Å²) in [6.45, 7) is 14.0. The molecule has 6 nitrogen and oxygen atoms in total. The molecule has 28 heavy (non-hydrogen) atoms. The van der Waals surface area contributed by atoms with Gasteiger partial charge >= 0.3 is 6.09 Å². The van der Waals surface area contributed by atoms with Gasteiger partial charge in [0, 0.05) is 31.4 Å². The fourth-order valence-electron chi connectivity index (χ4n) is 4.10. The van der Waals surface area contributed by atoms with Gasteiger partial charge in [-0.25, -0.2) is 4.79 Å². The van der Waals surface area contributed by atoms with Crippen molar-refractivity contribution in [3.63, 3.8) is 0 Å². The molecule has 1 N–H and O–H groups in total. The van der Waals surface area contributed by atoms with Gasteiger partial charge in [-0.2, -0.15) is 5.10 Å². The van der Waals surface area contributed by atoms with Crippen LogP contribution in [0.15, 0.2) is 0 Å². The van der Waals surface area contributed by atoms with Gasteiger partial charge in [0.15, 0.2) is 0 Å². The summed E-state index contributed by atoms with van der Waals surface area (Å²) < 4.78 is 7.63. The van der Waals surface area contributed by atoms with Crippen LogP contribution >= 0.6 is 0 Å². The number of likely N-dealkylation sites (tertiary alicyclic amines) is 1. The van der Waals surface area contributed by atoms with E-state index in [0.29, 0.717) is 6.04 Å². The lowest BCUT2D eigenvalue weighted by Crippen LogP contribution is -2.45. The van der Waals surface area contributed by atoms with Crippen molar-refractivity contribution < 1.29 is 9.53 Å². The predicted octanol–water partition coefficient (Wildman–Crippen LogP) is 4.13. The average molecular weight is 393 g/mol. The van der Waals surface area contributed by atoms with Crippen molar-refractivity contribution >= 4 is 6.09 Å². The molecule has 0 radical (unpaired) electrons. The van der Waals surface area contributed by atoms with Gasteiger partial charge in [0.05, 0.1) is 5.69 Å². The zero-order chi connectivity index (χ0) is 20.9. The molecule has 1 saturated heterocycles. The van der Waals surface area contributed by atoms with E-state index < -0.39 is 5.60 Å². The first kappa shape index (κ1) is 22.7. The van der Waals surface area contributed by atoms with Gasteiger partial charge in [0.25, 0.3) is 0 Å². The van der Waals surface area contributed by atoms with Crippen molar-refractivity contribution in [1.82, 2.24) is 20.0 Å². The van der Waals surface area contributed by atoms with Gasteiger partial charge in [-0.15, -0.1) is 0 Å². The first-order chi connectivity index (χ1) is 13.1. The van der Waals surface area contributed by atoms with E-state index in [0.717, 1.165) is 44.5 Å². The smallest absolute Gasteiger partial charge is 0.410 e. The quantitative estimate of drug-likeness (QED) is 0.791. The molecule has 0 saturated carbocycles. The highest BCUT2D eigenvalue weighted by atomic mass is 16.6. The normalized spacial score (nSPS) is 19.4.